The van der Waals surface area contributed by atoms with Crippen LogP contribution in [0.3, 0.4) is 0 Å². The van der Waals surface area contributed by atoms with Crippen LogP contribution in [0.4, 0.5) is 0 Å². The molecule has 3 rings (SSSR count). The molecule has 0 aliphatic carbocycles. The second kappa shape index (κ2) is 4.77. The van der Waals surface area contributed by atoms with Crippen LogP contribution in [0.1, 0.15) is 5.56 Å². The van der Waals surface area contributed by atoms with Crippen LogP contribution in [0, 0.1) is 6.92 Å². The standard InChI is InChI=1S/C18H16O/c1-13-10-11-14-6-3-4-9-17(14)18(13)15-7-5-8-16(12-15)19-2/h3-12H,1-2H3. The van der Waals surface area contributed by atoms with Crippen molar-refractivity contribution >= 4 is 10.8 Å². The Bertz CT molecular complexity index is 729. The molecule has 1 heteroatoms. The van der Waals surface area contributed by atoms with Crippen molar-refractivity contribution in [3.8, 4) is 16.9 Å². The molecule has 0 spiro atoms. The monoisotopic (exact) mass is 248 g/mol. The van der Waals surface area contributed by atoms with E-state index in [2.05, 4.69) is 55.5 Å². The zero-order valence-corrected chi connectivity index (χ0v) is 11.2. The number of aryl methyl sites for hydroxylation is 1. The van der Waals surface area contributed by atoms with Crippen molar-refractivity contribution in [1.29, 1.82) is 0 Å². The van der Waals surface area contributed by atoms with Gasteiger partial charge < -0.3 is 4.74 Å². The fraction of sp³-hybridized carbons (Fsp3) is 0.111. The quantitative estimate of drug-likeness (QED) is 0.631. The minimum Gasteiger partial charge on any atom is -0.497 e. The normalized spacial score (nSPS) is 10.6. The van der Waals surface area contributed by atoms with Crippen molar-refractivity contribution in [2.45, 2.75) is 6.92 Å². The summed E-state index contributed by atoms with van der Waals surface area (Å²) in [6.45, 7) is 2.15. The summed E-state index contributed by atoms with van der Waals surface area (Å²) >= 11 is 0. The predicted molar refractivity (Wildman–Crippen MR) is 80.7 cm³/mol. The number of hydrogen-bond acceptors (Lipinski definition) is 1. The summed E-state index contributed by atoms with van der Waals surface area (Å²) < 4.78 is 5.33. The van der Waals surface area contributed by atoms with E-state index in [1.54, 1.807) is 7.11 Å². The van der Waals surface area contributed by atoms with Crippen LogP contribution in [0.25, 0.3) is 21.9 Å². The lowest BCUT2D eigenvalue weighted by Gasteiger charge is -2.11. The molecular formula is C18H16O. The third kappa shape index (κ3) is 2.08. The highest BCUT2D eigenvalue weighted by atomic mass is 16.5. The number of hydrogen-bond donors (Lipinski definition) is 0. The van der Waals surface area contributed by atoms with Gasteiger partial charge in [0.15, 0.2) is 0 Å². The lowest BCUT2D eigenvalue weighted by molar-refractivity contribution is 0.415. The van der Waals surface area contributed by atoms with Crippen LogP contribution in [0.15, 0.2) is 60.7 Å². The molecular weight excluding hydrogens is 232 g/mol. The summed E-state index contributed by atoms with van der Waals surface area (Å²) in [5.74, 6) is 0.893. The second-order valence-electron chi connectivity index (χ2n) is 4.71. The molecule has 0 bridgehead atoms. The lowest BCUT2D eigenvalue weighted by atomic mass is 9.94. The molecule has 0 aliphatic rings. The number of methoxy groups -OCH3 is 1. The molecule has 19 heavy (non-hydrogen) atoms. The van der Waals surface area contributed by atoms with E-state index in [0.717, 1.165) is 5.75 Å². The topological polar surface area (TPSA) is 9.23 Å². The molecule has 0 heterocycles. The first-order valence-corrected chi connectivity index (χ1v) is 6.42. The summed E-state index contributed by atoms with van der Waals surface area (Å²) in [5.41, 5.74) is 3.78. The van der Waals surface area contributed by atoms with Crippen LogP contribution in [0.2, 0.25) is 0 Å². The predicted octanol–water partition coefficient (Wildman–Crippen LogP) is 4.82. The van der Waals surface area contributed by atoms with E-state index >= 15 is 0 Å². The number of benzene rings is 3. The zero-order valence-electron chi connectivity index (χ0n) is 11.2. The first-order valence-electron chi connectivity index (χ1n) is 6.42. The van der Waals surface area contributed by atoms with E-state index in [1.807, 2.05) is 12.1 Å². The van der Waals surface area contributed by atoms with E-state index in [4.69, 9.17) is 4.74 Å². The van der Waals surface area contributed by atoms with Gasteiger partial charge >= 0.3 is 0 Å². The summed E-state index contributed by atoms with van der Waals surface area (Å²) in [7, 11) is 1.70. The molecule has 1 nitrogen and oxygen atoms in total. The molecule has 0 unspecified atom stereocenters. The van der Waals surface area contributed by atoms with Crippen molar-refractivity contribution in [3.05, 3.63) is 66.2 Å². The minimum atomic E-state index is 0.893. The highest BCUT2D eigenvalue weighted by Crippen LogP contribution is 2.33. The van der Waals surface area contributed by atoms with Gasteiger partial charge in [0.25, 0.3) is 0 Å². The molecule has 0 atom stereocenters. The van der Waals surface area contributed by atoms with Gasteiger partial charge in [-0.15, -0.1) is 0 Å². The average Bonchev–Trinajstić information content (AvgIpc) is 2.47. The Hall–Kier alpha value is -2.28. The van der Waals surface area contributed by atoms with Gasteiger partial charge in [-0.3, -0.25) is 0 Å². The third-order valence-electron chi connectivity index (χ3n) is 3.50. The Balaban J connectivity index is 2.31. The van der Waals surface area contributed by atoms with Crippen LogP contribution in [-0.4, -0.2) is 7.11 Å². The Labute approximate surface area is 113 Å². The molecule has 94 valence electrons. The van der Waals surface area contributed by atoms with Crippen molar-refractivity contribution < 1.29 is 4.74 Å². The maximum atomic E-state index is 5.33. The highest BCUT2D eigenvalue weighted by Gasteiger charge is 2.07. The first kappa shape index (κ1) is 11.8. The summed E-state index contributed by atoms with van der Waals surface area (Å²) in [5, 5.41) is 2.56. The van der Waals surface area contributed by atoms with Gasteiger partial charge in [-0.25, -0.2) is 0 Å². The SMILES string of the molecule is COc1cccc(-c2c(C)ccc3ccccc23)c1. The number of rotatable bonds is 2. The first-order chi connectivity index (χ1) is 9.29. The Morgan fingerprint density at radius 2 is 1.68 bits per heavy atom. The molecule has 0 saturated heterocycles. The van der Waals surface area contributed by atoms with Gasteiger partial charge in [0.1, 0.15) is 5.75 Å². The van der Waals surface area contributed by atoms with Crippen molar-refractivity contribution in [1.82, 2.24) is 0 Å². The maximum Gasteiger partial charge on any atom is 0.119 e. The van der Waals surface area contributed by atoms with Gasteiger partial charge in [-0.05, 0) is 46.5 Å². The van der Waals surface area contributed by atoms with Gasteiger partial charge in [0.05, 0.1) is 7.11 Å². The van der Waals surface area contributed by atoms with Crippen LogP contribution in [-0.2, 0) is 0 Å². The van der Waals surface area contributed by atoms with E-state index in [9.17, 15) is 0 Å². The summed E-state index contributed by atoms with van der Waals surface area (Å²) in [6.07, 6.45) is 0. The third-order valence-corrected chi connectivity index (χ3v) is 3.50. The molecule has 0 saturated carbocycles. The van der Waals surface area contributed by atoms with Crippen LogP contribution < -0.4 is 4.74 Å². The molecule has 0 fully saturated rings. The zero-order chi connectivity index (χ0) is 13.2. The molecule has 0 aliphatic heterocycles. The van der Waals surface area contributed by atoms with E-state index < -0.39 is 0 Å². The summed E-state index contributed by atoms with van der Waals surface area (Å²) in [6, 6.07) is 21.1. The number of ether oxygens (including phenoxy) is 1. The van der Waals surface area contributed by atoms with Gasteiger partial charge in [0.2, 0.25) is 0 Å². The van der Waals surface area contributed by atoms with Crippen molar-refractivity contribution in [2.24, 2.45) is 0 Å². The van der Waals surface area contributed by atoms with Crippen LogP contribution >= 0.6 is 0 Å². The van der Waals surface area contributed by atoms with E-state index in [1.165, 1.54) is 27.5 Å². The van der Waals surface area contributed by atoms with Crippen molar-refractivity contribution in [2.75, 3.05) is 7.11 Å². The van der Waals surface area contributed by atoms with Gasteiger partial charge in [0, 0.05) is 0 Å². The van der Waals surface area contributed by atoms with E-state index in [-0.39, 0.29) is 0 Å². The molecule has 0 aromatic heterocycles. The van der Waals surface area contributed by atoms with Crippen LogP contribution in [0.5, 0.6) is 5.75 Å². The van der Waals surface area contributed by atoms with Crippen molar-refractivity contribution in [3.63, 3.8) is 0 Å². The lowest BCUT2D eigenvalue weighted by Crippen LogP contribution is -1.88. The largest absolute Gasteiger partial charge is 0.497 e. The molecule has 0 N–H and O–H groups in total. The fourth-order valence-electron chi connectivity index (χ4n) is 2.54. The average molecular weight is 248 g/mol. The fourth-order valence-corrected chi connectivity index (χ4v) is 2.54. The highest BCUT2D eigenvalue weighted by molar-refractivity contribution is 5.98. The smallest absolute Gasteiger partial charge is 0.119 e. The molecule has 0 amide bonds. The molecule has 3 aromatic rings. The number of fused-ring (bicyclic) bond motifs is 1. The Morgan fingerprint density at radius 1 is 0.842 bits per heavy atom. The molecule has 3 aromatic carbocycles. The Kier molecular flexibility index (Phi) is 2.96. The maximum absolute atomic E-state index is 5.33. The van der Waals surface area contributed by atoms with Gasteiger partial charge in [-0.2, -0.15) is 0 Å². The second-order valence-corrected chi connectivity index (χ2v) is 4.71. The minimum absolute atomic E-state index is 0.893. The van der Waals surface area contributed by atoms with E-state index in [0.29, 0.717) is 0 Å². The Morgan fingerprint density at radius 3 is 2.53 bits per heavy atom. The molecule has 0 radical (unpaired) electrons. The summed E-state index contributed by atoms with van der Waals surface area (Å²) in [4.78, 5) is 0. The van der Waals surface area contributed by atoms with Gasteiger partial charge in [-0.1, -0.05) is 48.5 Å².